The highest BCUT2D eigenvalue weighted by Crippen LogP contribution is 2.39. The van der Waals surface area contributed by atoms with Gasteiger partial charge >= 0.3 is 0 Å². The van der Waals surface area contributed by atoms with Gasteiger partial charge in [0.2, 0.25) is 0 Å². The van der Waals surface area contributed by atoms with Gasteiger partial charge in [0.05, 0.1) is 11.8 Å². The van der Waals surface area contributed by atoms with Gasteiger partial charge in [0.1, 0.15) is 29.9 Å². The van der Waals surface area contributed by atoms with Gasteiger partial charge in [-0.15, -0.1) is 0 Å². The summed E-state index contributed by atoms with van der Waals surface area (Å²) in [5.74, 6) is -0.507. The average Bonchev–Trinajstić information content (AvgIpc) is 3.45. The molecule has 1 saturated heterocycles. The quantitative estimate of drug-likeness (QED) is 0.279. The van der Waals surface area contributed by atoms with E-state index in [0.717, 1.165) is 17.7 Å². The second kappa shape index (κ2) is 10.6. The highest BCUT2D eigenvalue weighted by atomic mass is 16.5. The summed E-state index contributed by atoms with van der Waals surface area (Å²) in [4.78, 5) is 29.4. The molecule has 35 heavy (non-hydrogen) atoms. The van der Waals surface area contributed by atoms with Gasteiger partial charge in [-0.25, -0.2) is 0 Å². The molecule has 1 amide bonds. The fraction of sp³-hybridized carbons (Fsp3) is 0.286. The lowest BCUT2D eigenvalue weighted by Gasteiger charge is -2.24. The van der Waals surface area contributed by atoms with Gasteiger partial charge in [-0.2, -0.15) is 0 Å². The van der Waals surface area contributed by atoms with E-state index in [-0.39, 0.29) is 11.3 Å². The van der Waals surface area contributed by atoms with Crippen LogP contribution in [0.15, 0.2) is 76.9 Å². The number of furan rings is 1. The third-order valence-corrected chi connectivity index (χ3v) is 5.97. The molecule has 7 heteroatoms. The van der Waals surface area contributed by atoms with Crippen LogP contribution in [0.5, 0.6) is 5.75 Å². The van der Waals surface area contributed by atoms with E-state index in [9.17, 15) is 14.7 Å². The molecule has 0 aliphatic carbocycles. The maximum Gasteiger partial charge on any atom is 0.295 e. The highest BCUT2D eigenvalue weighted by molar-refractivity contribution is 6.46. The molecule has 1 aliphatic rings. The van der Waals surface area contributed by atoms with E-state index in [1.807, 2.05) is 44.1 Å². The number of aliphatic hydroxyl groups excluding tert-OH is 1. The van der Waals surface area contributed by atoms with Crippen LogP contribution in [0.1, 0.15) is 34.9 Å². The zero-order valence-electron chi connectivity index (χ0n) is 20.2. The van der Waals surface area contributed by atoms with Crippen molar-refractivity contribution in [3.63, 3.8) is 0 Å². The lowest BCUT2D eigenvalue weighted by molar-refractivity contribution is -0.140. The summed E-state index contributed by atoms with van der Waals surface area (Å²) in [5.41, 5.74) is 2.68. The lowest BCUT2D eigenvalue weighted by atomic mass is 9.99. The molecule has 1 aromatic heterocycles. The number of aryl methyl sites for hydroxylation is 1. The van der Waals surface area contributed by atoms with Crippen molar-refractivity contribution in [3.05, 3.63) is 95.0 Å². The largest absolute Gasteiger partial charge is 0.507 e. The van der Waals surface area contributed by atoms with Gasteiger partial charge in [0.25, 0.3) is 11.7 Å². The predicted molar refractivity (Wildman–Crippen MR) is 133 cm³/mol. The number of nitrogens with zero attached hydrogens (tertiary/aromatic N) is 2. The Balaban J connectivity index is 1.58. The van der Waals surface area contributed by atoms with Crippen LogP contribution in [-0.2, 0) is 16.2 Å². The Morgan fingerprint density at radius 3 is 2.51 bits per heavy atom. The van der Waals surface area contributed by atoms with Crippen LogP contribution in [0.25, 0.3) is 5.76 Å². The van der Waals surface area contributed by atoms with Crippen molar-refractivity contribution < 1.29 is 23.8 Å². The molecule has 0 saturated carbocycles. The smallest absolute Gasteiger partial charge is 0.295 e. The first kappa shape index (κ1) is 24.3. The van der Waals surface area contributed by atoms with Gasteiger partial charge in [-0.3, -0.25) is 9.59 Å². The predicted octanol–water partition coefficient (Wildman–Crippen LogP) is 4.54. The maximum atomic E-state index is 13.0. The molecule has 2 aromatic carbocycles. The first-order chi connectivity index (χ1) is 16.8. The number of ketones is 1. The van der Waals surface area contributed by atoms with Crippen molar-refractivity contribution in [3.8, 4) is 5.75 Å². The molecular weight excluding hydrogens is 444 g/mol. The molecule has 1 unspecified atom stereocenters. The van der Waals surface area contributed by atoms with Crippen molar-refractivity contribution >= 4 is 17.4 Å². The van der Waals surface area contributed by atoms with Crippen LogP contribution in [0.2, 0.25) is 0 Å². The third-order valence-electron chi connectivity index (χ3n) is 5.97. The molecule has 0 radical (unpaired) electrons. The summed E-state index contributed by atoms with van der Waals surface area (Å²) in [6.45, 7) is 3.58. The number of Topliss-reactive ketones (excluding diaryl/α,β-unsaturated/α-hetero) is 1. The molecule has 1 atom stereocenters. The molecule has 0 bridgehead atoms. The topological polar surface area (TPSA) is 83.2 Å². The van der Waals surface area contributed by atoms with Crippen LogP contribution >= 0.6 is 0 Å². The fourth-order valence-electron chi connectivity index (χ4n) is 4.24. The number of amides is 1. The molecular formula is C28H30N2O5. The van der Waals surface area contributed by atoms with E-state index in [1.54, 1.807) is 36.4 Å². The fourth-order valence-corrected chi connectivity index (χ4v) is 4.24. The summed E-state index contributed by atoms with van der Waals surface area (Å²) in [7, 11) is 3.90. The Bertz CT molecular complexity index is 1210. The van der Waals surface area contributed by atoms with Crippen molar-refractivity contribution in [2.45, 2.75) is 26.0 Å². The summed E-state index contributed by atoms with van der Waals surface area (Å²) < 4.78 is 11.4. The molecule has 2 heterocycles. The van der Waals surface area contributed by atoms with E-state index >= 15 is 0 Å². The summed E-state index contributed by atoms with van der Waals surface area (Å²) >= 11 is 0. The molecule has 1 N–H and O–H groups in total. The molecule has 1 fully saturated rings. The second-order valence-corrected chi connectivity index (χ2v) is 8.97. The number of carbonyl (C=O) groups is 2. The van der Waals surface area contributed by atoms with E-state index in [1.165, 1.54) is 11.2 Å². The second-order valence-electron chi connectivity index (χ2n) is 8.97. The monoisotopic (exact) mass is 474 g/mol. The first-order valence-electron chi connectivity index (χ1n) is 11.6. The van der Waals surface area contributed by atoms with Crippen molar-refractivity contribution in [1.29, 1.82) is 0 Å². The number of hydrogen-bond acceptors (Lipinski definition) is 6. The SMILES string of the molecule is Cc1cccc(COc2ccc(C(O)=C3C(=O)C(=O)N(CCCN(C)C)C3c3ccco3)cc2)c1. The Morgan fingerprint density at radius 1 is 1.09 bits per heavy atom. The van der Waals surface area contributed by atoms with Crippen molar-refractivity contribution in [2.24, 2.45) is 0 Å². The van der Waals surface area contributed by atoms with Gasteiger partial charge in [0, 0.05) is 12.1 Å². The number of hydrogen-bond donors (Lipinski definition) is 1. The molecule has 182 valence electrons. The third kappa shape index (κ3) is 5.46. The molecule has 3 aromatic rings. The van der Waals surface area contributed by atoms with Gasteiger partial charge in [-0.05, 0) is 75.9 Å². The minimum Gasteiger partial charge on any atom is -0.507 e. The minimum atomic E-state index is -0.774. The van der Waals surface area contributed by atoms with Crippen LogP contribution in [0.3, 0.4) is 0 Å². The average molecular weight is 475 g/mol. The zero-order chi connectivity index (χ0) is 24.9. The Hall–Kier alpha value is -3.84. The van der Waals surface area contributed by atoms with E-state index in [4.69, 9.17) is 9.15 Å². The van der Waals surface area contributed by atoms with Crippen LogP contribution < -0.4 is 4.74 Å². The minimum absolute atomic E-state index is 0.0308. The molecule has 4 rings (SSSR count). The summed E-state index contributed by atoms with van der Waals surface area (Å²) in [6.07, 6.45) is 2.18. The van der Waals surface area contributed by atoms with E-state index in [2.05, 4.69) is 6.07 Å². The van der Waals surface area contributed by atoms with Crippen molar-refractivity contribution in [2.75, 3.05) is 27.2 Å². The summed E-state index contributed by atoms with van der Waals surface area (Å²) in [6, 6.07) is 17.6. The number of aliphatic hydroxyl groups is 1. The first-order valence-corrected chi connectivity index (χ1v) is 11.6. The van der Waals surface area contributed by atoms with E-state index < -0.39 is 17.7 Å². The number of carbonyl (C=O) groups excluding carboxylic acids is 2. The standard InChI is InChI=1S/C28H30N2O5/c1-19-7-4-8-20(17-19)18-35-22-12-10-21(11-13-22)26(31)24-25(23-9-5-16-34-23)30(28(33)27(24)32)15-6-14-29(2)3/h4-5,7-13,16-17,25,31H,6,14-15,18H2,1-3H3. The summed E-state index contributed by atoms with van der Waals surface area (Å²) in [5, 5.41) is 11.1. The number of rotatable bonds is 9. The number of likely N-dealkylation sites (tertiary alicyclic amines) is 1. The number of benzene rings is 2. The van der Waals surface area contributed by atoms with E-state index in [0.29, 0.717) is 36.6 Å². The Kier molecular flexibility index (Phi) is 7.36. The lowest BCUT2D eigenvalue weighted by Crippen LogP contribution is -2.32. The van der Waals surface area contributed by atoms with Crippen molar-refractivity contribution in [1.82, 2.24) is 9.80 Å². The van der Waals surface area contributed by atoms with Gasteiger partial charge in [0.15, 0.2) is 0 Å². The Morgan fingerprint density at radius 2 is 1.86 bits per heavy atom. The van der Waals surface area contributed by atoms with Crippen LogP contribution in [0, 0.1) is 6.92 Å². The number of ether oxygens (including phenoxy) is 1. The molecule has 7 nitrogen and oxygen atoms in total. The van der Waals surface area contributed by atoms with Gasteiger partial charge in [-0.1, -0.05) is 29.8 Å². The van der Waals surface area contributed by atoms with Gasteiger partial charge < -0.3 is 24.1 Å². The highest BCUT2D eigenvalue weighted by Gasteiger charge is 2.47. The molecule has 0 spiro atoms. The molecule has 1 aliphatic heterocycles. The van der Waals surface area contributed by atoms with Crippen LogP contribution in [0.4, 0.5) is 0 Å². The normalized spacial score (nSPS) is 17.4. The van der Waals surface area contributed by atoms with Crippen LogP contribution in [-0.4, -0.2) is 53.8 Å². The maximum absolute atomic E-state index is 13.0. The zero-order valence-corrected chi connectivity index (χ0v) is 20.2. The Labute approximate surface area is 205 Å².